The Kier molecular flexibility index (Phi) is 2.47. The number of aromatic nitrogens is 1. The van der Waals surface area contributed by atoms with Crippen molar-refractivity contribution in [1.82, 2.24) is 4.57 Å². The molecule has 0 spiro atoms. The van der Waals surface area contributed by atoms with Gasteiger partial charge in [-0.15, -0.1) is 0 Å². The summed E-state index contributed by atoms with van der Waals surface area (Å²) in [6, 6.07) is 6.76. The van der Waals surface area contributed by atoms with E-state index in [0.29, 0.717) is 5.69 Å². The van der Waals surface area contributed by atoms with Crippen LogP contribution in [0.5, 0.6) is 0 Å². The smallest absolute Gasteiger partial charge is 0.269 e. The largest absolute Gasteiger partial charge is 0.298 e. The number of nitriles is 2. The highest BCUT2D eigenvalue weighted by Crippen LogP contribution is 1.96. The number of nitrogens with zero attached hydrogens (tertiary/aromatic N) is 3. The zero-order valence-corrected chi connectivity index (χ0v) is 7.11. The summed E-state index contributed by atoms with van der Waals surface area (Å²) in [5.41, 5.74) is 0.357. The fourth-order valence-electron chi connectivity index (χ4n) is 1.02. The highest BCUT2D eigenvalue weighted by Gasteiger charge is 2.03. The van der Waals surface area contributed by atoms with Crippen molar-refractivity contribution in [2.24, 2.45) is 0 Å². The molecule has 0 atom stereocenters. The molecule has 0 aromatic carbocycles. The zero-order chi connectivity index (χ0) is 9.84. The zero-order valence-electron chi connectivity index (χ0n) is 7.11. The van der Waals surface area contributed by atoms with Gasteiger partial charge in [0.15, 0.2) is 0 Å². The van der Waals surface area contributed by atoms with Gasteiger partial charge in [0, 0.05) is 5.69 Å². The molecule has 1 rings (SSSR count). The Hall–Kier alpha value is -2.07. The third-order valence-corrected chi connectivity index (χ3v) is 1.74. The first-order valence-electron chi connectivity index (χ1n) is 3.68. The maximum absolute atomic E-state index is 11.4. The molecule has 0 bridgehead atoms. The van der Waals surface area contributed by atoms with Crippen molar-refractivity contribution < 1.29 is 0 Å². The third kappa shape index (κ3) is 1.57. The van der Waals surface area contributed by atoms with Crippen molar-refractivity contribution in [2.45, 2.75) is 13.5 Å². The number of pyridine rings is 1. The first-order chi connectivity index (χ1) is 6.20. The second-order valence-corrected chi connectivity index (χ2v) is 2.55. The van der Waals surface area contributed by atoms with Gasteiger partial charge in [-0.05, 0) is 19.1 Å². The Bertz CT molecular complexity index is 459. The van der Waals surface area contributed by atoms with E-state index in [4.69, 9.17) is 10.5 Å². The van der Waals surface area contributed by atoms with E-state index in [1.807, 2.05) is 6.07 Å². The molecule has 0 aliphatic heterocycles. The lowest BCUT2D eigenvalue weighted by Crippen LogP contribution is -2.23. The minimum atomic E-state index is -0.399. The van der Waals surface area contributed by atoms with Gasteiger partial charge >= 0.3 is 0 Å². The summed E-state index contributed by atoms with van der Waals surface area (Å²) >= 11 is 0. The minimum absolute atomic E-state index is 0.0137. The summed E-state index contributed by atoms with van der Waals surface area (Å²) in [7, 11) is 0. The average Bonchev–Trinajstić information content (AvgIpc) is 2.12. The average molecular weight is 173 g/mol. The van der Waals surface area contributed by atoms with Gasteiger partial charge in [0.1, 0.15) is 18.2 Å². The van der Waals surface area contributed by atoms with Crippen molar-refractivity contribution >= 4 is 0 Å². The summed E-state index contributed by atoms with van der Waals surface area (Å²) in [6.07, 6.45) is 0. The first-order valence-corrected chi connectivity index (χ1v) is 3.68. The predicted molar refractivity (Wildman–Crippen MR) is 45.8 cm³/mol. The molecule has 0 unspecified atom stereocenters. The summed E-state index contributed by atoms with van der Waals surface area (Å²) < 4.78 is 1.28. The molecule has 1 aromatic rings. The second-order valence-electron chi connectivity index (χ2n) is 2.55. The van der Waals surface area contributed by atoms with Crippen LogP contribution in [-0.2, 0) is 6.54 Å². The molecule has 64 valence electrons. The van der Waals surface area contributed by atoms with Crippen molar-refractivity contribution in [1.29, 1.82) is 10.5 Å². The Labute approximate surface area is 75.3 Å². The number of hydrogen-bond acceptors (Lipinski definition) is 3. The van der Waals surface area contributed by atoms with E-state index in [1.165, 1.54) is 10.6 Å². The molecule has 0 saturated carbocycles. The molecule has 0 N–H and O–H groups in total. The Morgan fingerprint density at radius 1 is 1.46 bits per heavy atom. The standard InChI is InChI=1S/C9H7N3O/c1-7-2-3-8(6-11)9(13)12(7)5-4-10/h2-3H,5H2,1H3. The molecule has 0 aliphatic carbocycles. The molecule has 4 heteroatoms. The van der Waals surface area contributed by atoms with Crippen LogP contribution in [-0.4, -0.2) is 4.57 Å². The Morgan fingerprint density at radius 2 is 2.15 bits per heavy atom. The van der Waals surface area contributed by atoms with Crippen LogP contribution >= 0.6 is 0 Å². The lowest BCUT2D eigenvalue weighted by Gasteiger charge is -2.04. The molecule has 0 aliphatic rings. The van der Waals surface area contributed by atoms with Crippen molar-refractivity contribution in [2.75, 3.05) is 0 Å². The number of aryl methyl sites for hydroxylation is 1. The van der Waals surface area contributed by atoms with E-state index in [-0.39, 0.29) is 12.1 Å². The van der Waals surface area contributed by atoms with Gasteiger partial charge in [0.25, 0.3) is 5.56 Å². The molecule has 4 nitrogen and oxygen atoms in total. The number of rotatable bonds is 1. The maximum Gasteiger partial charge on any atom is 0.269 e. The van der Waals surface area contributed by atoms with Crippen LogP contribution in [0.1, 0.15) is 11.3 Å². The van der Waals surface area contributed by atoms with Gasteiger partial charge < -0.3 is 0 Å². The summed E-state index contributed by atoms with van der Waals surface area (Å²) in [6.45, 7) is 1.71. The summed E-state index contributed by atoms with van der Waals surface area (Å²) in [5, 5.41) is 17.0. The maximum atomic E-state index is 11.4. The van der Waals surface area contributed by atoms with E-state index in [2.05, 4.69) is 0 Å². The van der Waals surface area contributed by atoms with Gasteiger partial charge in [-0.2, -0.15) is 10.5 Å². The highest BCUT2D eigenvalue weighted by molar-refractivity contribution is 5.27. The van der Waals surface area contributed by atoms with Crippen LogP contribution in [0.2, 0.25) is 0 Å². The van der Waals surface area contributed by atoms with Crippen molar-refractivity contribution in [3.8, 4) is 12.1 Å². The van der Waals surface area contributed by atoms with Crippen LogP contribution in [0.25, 0.3) is 0 Å². The fraction of sp³-hybridized carbons (Fsp3) is 0.222. The van der Waals surface area contributed by atoms with E-state index in [9.17, 15) is 4.79 Å². The molecule has 1 aromatic heterocycles. The van der Waals surface area contributed by atoms with Crippen molar-refractivity contribution in [3.05, 3.63) is 33.7 Å². The lowest BCUT2D eigenvalue weighted by atomic mass is 10.2. The molecule has 0 amide bonds. The highest BCUT2D eigenvalue weighted by atomic mass is 16.1. The van der Waals surface area contributed by atoms with Crippen LogP contribution in [0.15, 0.2) is 16.9 Å². The van der Waals surface area contributed by atoms with Gasteiger partial charge in [-0.25, -0.2) is 0 Å². The van der Waals surface area contributed by atoms with E-state index >= 15 is 0 Å². The van der Waals surface area contributed by atoms with Gasteiger partial charge in [-0.1, -0.05) is 0 Å². The summed E-state index contributed by atoms with van der Waals surface area (Å²) in [4.78, 5) is 11.4. The molecular formula is C9H7N3O. The normalized spacial score (nSPS) is 8.85. The molecule has 0 saturated heterocycles. The Morgan fingerprint density at radius 3 is 2.69 bits per heavy atom. The van der Waals surface area contributed by atoms with Gasteiger partial charge in [0.2, 0.25) is 0 Å². The molecule has 1 heterocycles. The molecule has 13 heavy (non-hydrogen) atoms. The van der Waals surface area contributed by atoms with Crippen molar-refractivity contribution in [3.63, 3.8) is 0 Å². The fourth-order valence-corrected chi connectivity index (χ4v) is 1.02. The number of hydrogen-bond donors (Lipinski definition) is 0. The molecule has 0 fully saturated rings. The molecular weight excluding hydrogens is 166 g/mol. The van der Waals surface area contributed by atoms with Crippen LogP contribution < -0.4 is 5.56 Å². The van der Waals surface area contributed by atoms with Gasteiger partial charge in [0.05, 0.1) is 6.07 Å². The Balaban J connectivity index is 3.43. The van der Waals surface area contributed by atoms with Gasteiger partial charge in [-0.3, -0.25) is 9.36 Å². The molecule has 0 radical (unpaired) electrons. The minimum Gasteiger partial charge on any atom is -0.298 e. The van der Waals surface area contributed by atoms with E-state index < -0.39 is 5.56 Å². The monoisotopic (exact) mass is 173 g/mol. The van der Waals surface area contributed by atoms with E-state index in [0.717, 1.165) is 0 Å². The van der Waals surface area contributed by atoms with E-state index in [1.54, 1.807) is 19.1 Å². The van der Waals surface area contributed by atoms with Crippen LogP contribution in [0, 0.1) is 29.6 Å². The topological polar surface area (TPSA) is 69.6 Å². The first kappa shape index (κ1) is 9.02. The second kappa shape index (κ2) is 3.55. The SMILES string of the molecule is Cc1ccc(C#N)c(=O)n1CC#N. The van der Waals surface area contributed by atoms with Crippen LogP contribution in [0.4, 0.5) is 0 Å². The predicted octanol–water partition coefficient (Wildman–Crippen LogP) is 0.552. The lowest BCUT2D eigenvalue weighted by molar-refractivity contribution is 0.752. The third-order valence-electron chi connectivity index (χ3n) is 1.74. The summed E-state index contributed by atoms with van der Waals surface area (Å²) in [5.74, 6) is 0. The van der Waals surface area contributed by atoms with Crippen LogP contribution in [0.3, 0.4) is 0 Å². The quantitative estimate of drug-likeness (QED) is 0.622.